The molecule has 5 nitrogen and oxygen atoms in total. The van der Waals surface area contributed by atoms with Crippen LogP contribution in [0.3, 0.4) is 0 Å². The Balaban J connectivity index is 1.79. The van der Waals surface area contributed by atoms with Gasteiger partial charge in [0.2, 0.25) is 5.95 Å². The molecule has 2 heterocycles. The van der Waals surface area contributed by atoms with Crippen molar-refractivity contribution in [3.8, 4) is 0 Å². The number of nitrogens with two attached hydrogens (primary N) is 1. The molecule has 0 aromatic carbocycles. The van der Waals surface area contributed by atoms with Gasteiger partial charge in [0.05, 0.1) is 0 Å². The van der Waals surface area contributed by atoms with Crippen LogP contribution < -0.4 is 10.6 Å². The summed E-state index contributed by atoms with van der Waals surface area (Å²) in [5.41, 5.74) is 7.92. The average molecular weight is 282 g/mol. The predicted octanol–water partition coefficient (Wildman–Crippen LogP) is 3.18. The summed E-state index contributed by atoms with van der Waals surface area (Å²) in [6.07, 6.45) is 14.9. The molecule has 2 aliphatic rings. The maximum atomic E-state index is 5.71. The molecular formula is C16H18N4O. The van der Waals surface area contributed by atoms with Crippen LogP contribution in [-0.2, 0) is 4.74 Å². The summed E-state index contributed by atoms with van der Waals surface area (Å²) >= 11 is 0. The maximum Gasteiger partial charge on any atom is 0.222 e. The molecular weight excluding hydrogens is 264 g/mol. The van der Waals surface area contributed by atoms with E-state index < -0.39 is 0 Å². The van der Waals surface area contributed by atoms with Crippen LogP contribution in [0.4, 0.5) is 11.8 Å². The lowest BCUT2D eigenvalue weighted by atomic mass is 10.0. The molecule has 3 rings (SSSR count). The van der Waals surface area contributed by atoms with Crippen LogP contribution in [0.2, 0.25) is 0 Å². The third-order valence-electron chi connectivity index (χ3n) is 3.35. The molecule has 1 aromatic heterocycles. The zero-order valence-corrected chi connectivity index (χ0v) is 12.0. The summed E-state index contributed by atoms with van der Waals surface area (Å²) in [5.74, 6) is 1.92. The van der Waals surface area contributed by atoms with E-state index in [4.69, 9.17) is 10.5 Å². The molecule has 0 spiro atoms. The third kappa shape index (κ3) is 3.31. The van der Waals surface area contributed by atoms with Crippen molar-refractivity contribution in [2.24, 2.45) is 0 Å². The van der Waals surface area contributed by atoms with E-state index in [0.29, 0.717) is 0 Å². The van der Waals surface area contributed by atoms with E-state index in [0.717, 1.165) is 36.5 Å². The van der Waals surface area contributed by atoms with Crippen LogP contribution in [0.1, 0.15) is 25.0 Å². The predicted molar refractivity (Wildman–Crippen MR) is 83.0 cm³/mol. The fraction of sp³-hybridized carbons (Fsp3) is 0.250. The molecule has 0 fully saturated rings. The molecule has 1 aliphatic heterocycles. The van der Waals surface area contributed by atoms with Crippen LogP contribution in [0, 0.1) is 6.92 Å². The second-order valence-electron chi connectivity index (χ2n) is 5.10. The van der Waals surface area contributed by atoms with Crippen LogP contribution in [0.5, 0.6) is 0 Å². The van der Waals surface area contributed by atoms with Crippen molar-refractivity contribution in [1.82, 2.24) is 9.97 Å². The second kappa shape index (κ2) is 5.83. The number of ether oxygens (including phenoxy) is 1. The minimum Gasteiger partial charge on any atom is -0.466 e. The van der Waals surface area contributed by atoms with Crippen molar-refractivity contribution >= 4 is 11.8 Å². The molecule has 0 unspecified atom stereocenters. The van der Waals surface area contributed by atoms with Gasteiger partial charge in [-0.3, -0.25) is 0 Å². The smallest absolute Gasteiger partial charge is 0.222 e. The van der Waals surface area contributed by atoms with Crippen molar-refractivity contribution in [2.45, 2.75) is 26.2 Å². The number of nitrogen functional groups attached to an aromatic ring is 1. The van der Waals surface area contributed by atoms with Gasteiger partial charge in [0.1, 0.15) is 17.8 Å². The molecule has 0 saturated heterocycles. The van der Waals surface area contributed by atoms with Crippen LogP contribution >= 0.6 is 0 Å². The molecule has 5 heteroatoms. The number of hydrogen-bond donors (Lipinski definition) is 1. The number of nitrogens with zero attached hydrogens (tertiary/aromatic N) is 3. The van der Waals surface area contributed by atoms with Gasteiger partial charge in [-0.1, -0.05) is 23.8 Å². The highest BCUT2D eigenvalue weighted by molar-refractivity contribution is 5.50. The normalized spacial score (nSPS) is 17.3. The Hall–Kier alpha value is -2.56. The number of allylic oxidation sites excluding steroid dienone is 4. The Kier molecular flexibility index (Phi) is 3.73. The lowest BCUT2D eigenvalue weighted by Gasteiger charge is -2.22. The van der Waals surface area contributed by atoms with E-state index in [2.05, 4.69) is 28.2 Å². The average Bonchev–Trinajstić information content (AvgIpc) is 2.47. The number of aromatic nitrogens is 2. The Morgan fingerprint density at radius 1 is 1.38 bits per heavy atom. The fourth-order valence-corrected chi connectivity index (χ4v) is 2.37. The SMILES string of the molecule is Cc1cc(N2C=COC(CC3=CC=CCC3)=C2)nc(N)n1. The number of rotatable bonds is 3. The van der Waals surface area contributed by atoms with Crippen molar-refractivity contribution in [1.29, 1.82) is 0 Å². The summed E-state index contributed by atoms with van der Waals surface area (Å²) in [6.45, 7) is 1.90. The summed E-state index contributed by atoms with van der Waals surface area (Å²) in [5, 5.41) is 0. The summed E-state index contributed by atoms with van der Waals surface area (Å²) in [7, 11) is 0. The van der Waals surface area contributed by atoms with Gasteiger partial charge in [-0.25, -0.2) is 4.98 Å². The topological polar surface area (TPSA) is 64.3 Å². The van der Waals surface area contributed by atoms with Crippen molar-refractivity contribution in [3.63, 3.8) is 0 Å². The maximum absolute atomic E-state index is 5.71. The van der Waals surface area contributed by atoms with Gasteiger partial charge in [0.25, 0.3) is 0 Å². The largest absolute Gasteiger partial charge is 0.466 e. The molecule has 108 valence electrons. The first-order chi connectivity index (χ1) is 10.2. The van der Waals surface area contributed by atoms with Crippen LogP contribution in [-0.4, -0.2) is 9.97 Å². The van der Waals surface area contributed by atoms with E-state index >= 15 is 0 Å². The standard InChI is InChI=1S/C16H18N4O/c1-12-9-15(19-16(17)18-12)20-7-8-21-14(11-20)10-13-5-3-2-4-6-13/h2-3,5,7-9,11H,4,6,10H2,1H3,(H2,17,18,19). The second-order valence-corrected chi connectivity index (χ2v) is 5.10. The molecule has 1 aliphatic carbocycles. The number of aryl methyl sites for hydroxylation is 1. The molecule has 0 amide bonds. The summed E-state index contributed by atoms with van der Waals surface area (Å²) in [4.78, 5) is 10.2. The molecule has 0 radical (unpaired) electrons. The lowest BCUT2D eigenvalue weighted by Crippen LogP contribution is -2.15. The van der Waals surface area contributed by atoms with Gasteiger partial charge in [-0.2, -0.15) is 4.98 Å². The Morgan fingerprint density at radius 3 is 3.05 bits per heavy atom. The van der Waals surface area contributed by atoms with Gasteiger partial charge >= 0.3 is 0 Å². The van der Waals surface area contributed by atoms with E-state index in [1.807, 2.05) is 30.3 Å². The van der Waals surface area contributed by atoms with E-state index in [9.17, 15) is 0 Å². The molecule has 0 atom stereocenters. The monoisotopic (exact) mass is 282 g/mol. The Labute approximate surface area is 124 Å². The third-order valence-corrected chi connectivity index (χ3v) is 3.35. The first kappa shape index (κ1) is 13.4. The van der Waals surface area contributed by atoms with Crippen molar-refractivity contribution in [2.75, 3.05) is 10.6 Å². The van der Waals surface area contributed by atoms with Crippen molar-refractivity contribution in [3.05, 3.63) is 60.0 Å². The van der Waals surface area contributed by atoms with Gasteiger partial charge in [0, 0.05) is 30.6 Å². The van der Waals surface area contributed by atoms with E-state index in [-0.39, 0.29) is 5.95 Å². The van der Waals surface area contributed by atoms with Crippen molar-refractivity contribution < 1.29 is 4.74 Å². The van der Waals surface area contributed by atoms with E-state index in [1.165, 1.54) is 5.57 Å². The molecule has 1 aromatic rings. The molecule has 2 N–H and O–H groups in total. The minimum absolute atomic E-state index is 0.278. The van der Waals surface area contributed by atoms with Crippen LogP contribution in [0.15, 0.2) is 54.3 Å². The van der Waals surface area contributed by atoms with Gasteiger partial charge in [-0.15, -0.1) is 0 Å². The minimum atomic E-state index is 0.278. The molecule has 21 heavy (non-hydrogen) atoms. The Morgan fingerprint density at radius 2 is 2.29 bits per heavy atom. The Bertz CT molecular complexity index is 638. The summed E-state index contributed by atoms with van der Waals surface area (Å²) in [6, 6.07) is 1.89. The highest BCUT2D eigenvalue weighted by atomic mass is 16.5. The molecule has 0 saturated carbocycles. The highest BCUT2D eigenvalue weighted by Crippen LogP contribution is 2.25. The van der Waals surface area contributed by atoms with Gasteiger partial charge in [-0.05, 0) is 19.8 Å². The lowest BCUT2D eigenvalue weighted by molar-refractivity contribution is 0.330. The number of anilines is 2. The highest BCUT2D eigenvalue weighted by Gasteiger charge is 2.13. The number of hydrogen-bond acceptors (Lipinski definition) is 5. The zero-order valence-electron chi connectivity index (χ0n) is 12.0. The zero-order chi connectivity index (χ0) is 14.7. The summed E-state index contributed by atoms with van der Waals surface area (Å²) < 4.78 is 5.59. The first-order valence-electron chi connectivity index (χ1n) is 6.99. The van der Waals surface area contributed by atoms with Crippen LogP contribution in [0.25, 0.3) is 0 Å². The van der Waals surface area contributed by atoms with E-state index in [1.54, 1.807) is 6.26 Å². The molecule has 0 bridgehead atoms. The fourth-order valence-electron chi connectivity index (χ4n) is 2.37. The van der Waals surface area contributed by atoms with Gasteiger partial charge < -0.3 is 15.4 Å². The van der Waals surface area contributed by atoms with Gasteiger partial charge in [0.15, 0.2) is 0 Å². The first-order valence-corrected chi connectivity index (χ1v) is 6.99. The quantitative estimate of drug-likeness (QED) is 0.922.